The first-order chi connectivity index (χ1) is 7.34. The third-order valence-corrected chi connectivity index (χ3v) is 1.73. The number of aromatic nitrogens is 2. The number of ether oxygens (including phenoxy) is 1. The highest BCUT2D eigenvalue weighted by Crippen LogP contribution is 1.85. The van der Waals surface area contributed by atoms with Crippen LogP contribution in [0.5, 0.6) is 0 Å². The highest BCUT2D eigenvalue weighted by Gasteiger charge is 2.00. The second-order valence-corrected chi connectivity index (χ2v) is 2.89. The number of hydrogen-bond donors (Lipinski definition) is 1. The minimum absolute atomic E-state index is 0.195. The maximum atomic E-state index is 11.3. The Balaban J connectivity index is 2.05. The molecule has 1 aromatic heterocycles. The number of amides is 1. The van der Waals surface area contributed by atoms with Crippen LogP contribution >= 0.6 is 0 Å². The average molecular weight is 209 g/mol. The summed E-state index contributed by atoms with van der Waals surface area (Å²) in [5.74, 6) is 0. The fraction of sp³-hybridized carbons (Fsp3) is 0.400. The second-order valence-electron chi connectivity index (χ2n) is 2.89. The van der Waals surface area contributed by atoms with E-state index >= 15 is 0 Å². The van der Waals surface area contributed by atoms with E-state index in [1.807, 2.05) is 0 Å². The molecular formula is C10H15N3O2. The third kappa shape index (κ3) is 4.42. The van der Waals surface area contributed by atoms with E-state index < -0.39 is 0 Å². The van der Waals surface area contributed by atoms with E-state index in [4.69, 9.17) is 4.74 Å². The predicted octanol–water partition coefficient (Wildman–Crippen LogP) is 1.03. The van der Waals surface area contributed by atoms with Crippen molar-refractivity contribution in [2.75, 3.05) is 19.8 Å². The molecular weight excluding hydrogens is 194 g/mol. The quantitative estimate of drug-likeness (QED) is 0.562. The molecule has 0 fully saturated rings. The van der Waals surface area contributed by atoms with E-state index in [9.17, 15) is 4.79 Å². The van der Waals surface area contributed by atoms with Gasteiger partial charge in [-0.05, 0) is 6.42 Å². The minimum atomic E-state index is -0.195. The number of imidazole rings is 1. The van der Waals surface area contributed by atoms with Gasteiger partial charge in [0.25, 0.3) is 0 Å². The van der Waals surface area contributed by atoms with Crippen molar-refractivity contribution in [2.45, 2.75) is 6.42 Å². The van der Waals surface area contributed by atoms with Crippen molar-refractivity contribution in [1.82, 2.24) is 14.9 Å². The molecule has 1 heterocycles. The summed E-state index contributed by atoms with van der Waals surface area (Å²) in [6.07, 6.45) is 7.22. The zero-order valence-electron chi connectivity index (χ0n) is 8.56. The molecule has 0 aromatic carbocycles. The highest BCUT2D eigenvalue weighted by molar-refractivity contribution is 5.76. The molecule has 0 saturated heterocycles. The van der Waals surface area contributed by atoms with Crippen LogP contribution in [0.3, 0.4) is 0 Å². The van der Waals surface area contributed by atoms with E-state index in [-0.39, 0.29) is 6.03 Å². The molecule has 1 amide bonds. The lowest BCUT2D eigenvalue weighted by Crippen LogP contribution is -2.30. The molecule has 5 nitrogen and oxygen atoms in total. The van der Waals surface area contributed by atoms with E-state index in [1.165, 1.54) is 10.9 Å². The van der Waals surface area contributed by atoms with Gasteiger partial charge in [0.2, 0.25) is 0 Å². The van der Waals surface area contributed by atoms with Crippen molar-refractivity contribution in [2.24, 2.45) is 0 Å². The predicted molar refractivity (Wildman–Crippen MR) is 56.7 cm³/mol. The van der Waals surface area contributed by atoms with Crippen molar-refractivity contribution in [3.63, 3.8) is 0 Å². The molecule has 0 aliphatic rings. The Labute approximate surface area is 88.8 Å². The second kappa shape index (κ2) is 6.78. The van der Waals surface area contributed by atoms with Gasteiger partial charge in [-0.1, -0.05) is 6.08 Å². The van der Waals surface area contributed by atoms with Crippen molar-refractivity contribution in [3.05, 3.63) is 31.4 Å². The van der Waals surface area contributed by atoms with Crippen molar-refractivity contribution in [1.29, 1.82) is 0 Å². The summed E-state index contributed by atoms with van der Waals surface area (Å²) in [6, 6.07) is -0.195. The molecule has 0 atom stereocenters. The summed E-state index contributed by atoms with van der Waals surface area (Å²) in [6.45, 7) is 5.23. The van der Waals surface area contributed by atoms with Crippen LogP contribution in [0.15, 0.2) is 31.4 Å². The molecule has 0 unspecified atom stereocenters. The SMILES string of the molecule is C=CCCOCCNC(=O)n1ccnc1. The molecule has 1 N–H and O–H groups in total. The first-order valence-corrected chi connectivity index (χ1v) is 4.79. The van der Waals surface area contributed by atoms with Gasteiger partial charge in [-0.2, -0.15) is 0 Å². The summed E-state index contributed by atoms with van der Waals surface area (Å²) in [4.78, 5) is 15.1. The van der Waals surface area contributed by atoms with E-state index in [0.29, 0.717) is 19.8 Å². The van der Waals surface area contributed by atoms with Crippen LogP contribution in [-0.4, -0.2) is 35.3 Å². The highest BCUT2D eigenvalue weighted by atomic mass is 16.5. The van der Waals surface area contributed by atoms with Gasteiger partial charge in [-0.3, -0.25) is 4.57 Å². The van der Waals surface area contributed by atoms with Gasteiger partial charge in [0.05, 0.1) is 13.2 Å². The van der Waals surface area contributed by atoms with Gasteiger partial charge in [0.1, 0.15) is 6.33 Å². The summed E-state index contributed by atoms with van der Waals surface area (Å²) in [5.41, 5.74) is 0. The largest absolute Gasteiger partial charge is 0.379 e. The lowest BCUT2D eigenvalue weighted by molar-refractivity contribution is 0.141. The Hall–Kier alpha value is -1.62. The molecule has 5 heteroatoms. The molecule has 0 aliphatic carbocycles. The van der Waals surface area contributed by atoms with Gasteiger partial charge in [0, 0.05) is 18.9 Å². The van der Waals surface area contributed by atoms with Crippen molar-refractivity contribution < 1.29 is 9.53 Å². The van der Waals surface area contributed by atoms with Gasteiger partial charge >= 0.3 is 6.03 Å². The normalized spacial score (nSPS) is 9.87. The Morgan fingerprint density at radius 3 is 3.13 bits per heavy atom. The van der Waals surface area contributed by atoms with Crippen LogP contribution in [0.4, 0.5) is 4.79 Å². The molecule has 0 aliphatic heterocycles. The summed E-state index contributed by atoms with van der Waals surface area (Å²) < 4.78 is 6.61. The van der Waals surface area contributed by atoms with Crippen molar-refractivity contribution >= 4 is 6.03 Å². The summed E-state index contributed by atoms with van der Waals surface area (Å²) in [7, 11) is 0. The zero-order valence-corrected chi connectivity index (χ0v) is 8.56. The van der Waals surface area contributed by atoms with Crippen LogP contribution in [-0.2, 0) is 4.74 Å². The van der Waals surface area contributed by atoms with Crippen LogP contribution in [0.2, 0.25) is 0 Å². The average Bonchev–Trinajstić information content (AvgIpc) is 2.76. The monoisotopic (exact) mass is 209 g/mol. The maximum absolute atomic E-state index is 11.3. The Morgan fingerprint density at radius 2 is 2.47 bits per heavy atom. The van der Waals surface area contributed by atoms with E-state index in [2.05, 4.69) is 16.9 Å². The van der Waals surface area contributed by atoms with Crippen LogP contribution in [0.1, 0.15) is 6.42 Å². The Morgan fingerprint density at radius 1 is 1.60 bits per heavy atom. The standard InChI is InChI=1S/C10H15N3O2/c1-2-3-7-15-8-5-12-10(14)13-6-4-11-9-13/h2,4,6,9H,1,3,5,7-8H2,(H,12,14). The molecule has 0 bridgehead atoms. The fourth-order valence-electron chi connectivity index (χ4n) is 0.969. The molecule has 82 valence electrons. The summed E-state index contributed by atoms with van der Waals surface area (Å²) >= 11 is 0. The molecule has 1 rings (SSSR count). The number of nitrogens with zero attached hydrogens (tertiary/aromatic N) is 2. The number of nitrogens with one attached hydrogen (secondary N) is 1. The van der Waals surface area contributed by atoms with Gasteiger partial charge in [-0.25, -0.2) is 9.78 Å². The lowest BCUT2D eigenvalue weighted by Gasteiger charge is -2.05. The van der Waals surface area contributed by atoms with Crippen LogP contribution < -0.4 is 5.32 Å². The smallest absolute Gasteiger partial charge is 0.326 e. The molecule has 0 spiro atoms. The molecule has 0 radical (unpaired) electrons. The molecule has 1 aromatic rings. The topological polar surface area (TPSA) is 56.1 Å². The molecule has 15 heavy (non-hydrogen) atoms. The lowest BCUT2D eigenvalue weighted by atomic mass is 10.4. The number of carbonyl (C=O) groups is 1. The Bertz CT molecular complexity index is 296. The Kier molecular flexibility index (Phi) is 5.18. The van der Waals surface area contributed by atoms with Gasteiger partial charge in [-0.15, -0.1) is 6.58 Å². The van der Waals surface area contributed by atoms with Crippen LogP contribution in [0, 0.1) is 0 Å². The first-order valence-electron chi connectivity index (χ1n) is 4.79. The molecule has 0 saturated carbocycles. The number of rotatable bonds is 6. The van der Waals surface area contributed by atoms with Gasteiger partial charge in [0.15, 0.2) is 0 Å². The minimum Gasteiger partial charge on any atom is -0.379 e. The van der Waals surface area contributed by atoms with E-state index in [1.54, 1.807) is 18.5 Å². The third-order valence-electron chi connectivity index (χ3n) is 1.73. The number of hydrogen-bond acceptors (Lipinski definition) is 3. The zero-order chi connectivity index (χ0) is 10.9. The first kappa shape index (κ1) is 11.5. The fourth-order valence-corrected chi connectivity index (χ4v) is 0.969. The summed E-state index contributed by atoms with van der Waals surface area (Å²) in [5, 5.41) is 2.70. The van der Waals surface area contributed by atoms with E-state index in [0.717, 1.165) is 6.42 Å². The number of carbonyl (C=O) groups excluding carboxylic acids is 1. The maximum Gasteiger partial charge on any atom is 0.326 e. The van der Waals surface area contributed by atoms with Gasteiger partial charge < -0.3 is 10.1 Å². The van der Waals surface area contributed by atoms with Crippen molar-refractivity contribution in [3.8, 4) is 0 Å². The van der Waals surface area contributed by atoms with Crippen LogP contribution in [0.25, 0.3) is 0 Å².